The zero-order chi connectivity index (χ0) is 15.0. The van der Waals surface area contributed by atoms with Crippen LogP contribution in [0.3, 0.4) is 0 Å². The number of nitrogen functional groups attached to an aromatic ring is 1. The summed E-state index contributed by atoms with van der Waals surface area (Å²) >= 11 is 0. The number of rotatable bonds is 3. The van der Waals surface area contributed by atoms with Gasteiger partial charge in [0, 0.05) is 13.1 Å². The van der Waals surface area contributed by atoms with Crippen molar-refractivity contribution in [2.75, 3.05) is 30.8 Å². The molecule has 5 heteroatoms. The average Bonchev–Trinajstić information content (AvgIpc) is 2.55. The van der Waals surface area contributed by atoms with Gasteiger partial charge in [-0.05, 0) is 30.4 Å². The molecule has 0 bridgehead atoms. The van der Waals surface area contributed by atoms with Crippen molar-refractivity contribution in [3.8, 4) is 5.75 Å². The van der Waals surface area contributed by atoms with Crippen molar-refractivity contribution in [1.82, 2.24) is 0 Å². The quantitative estimate of drug-likeness (QED) is 0.860. The van der Waals surface area contributed by atoms with Crippen LogP contribution in [0.5, 0.6) is 5.75 Å². The van der Waals surface area contributed by atoms with Crippen LogP contribution in [-0.2, 0) is 0 Å². The molecule has 0 unspecified atom stereocenters. The number of ether oxygens (including phenoxy) is 1. The van der Waals surface area contributed by atoms with Crippen molar-refractivity contribution in [3.05, 3.63) is 50.3 Å². The molecule has 0 amide bonds. The fraction of sp³-hybridized carbons (Fsp3) is 0.375. The zero-order valence-electron chi connectivity index (χ0n) is 12.0. The van der Waals surface area contributed by atoms with Crippen LogP contribution in [0.1, 0.15) is 24.3 Å². The van der Waals surface area contributed by atoms with Gasteiger partial charge in [0.05, 0.1) is 7.11 Å². The average molecular weight is 286 g/mol. The van der Waals surface area contributed by atoms with E-state index in [2.05, 4.69) is 6.07 Å². The second kappa shape index (κ2) is 5.24. The second-order valence-electron chi connectivity index (χ2n) is 5.42. The molecule has 0 spiro atoms. The number of anilines is 2. The summed E-state index contributed by atoms with van der Waals surface area (Å²) in [5.74, 6) is 1.31. The first-order chi connectivity index (χ1) is 10.1. The molecule has 1 fully saturated rings. The van der Waals surface area contributed by atoms with Crippen LogP contribution in [0.25, 0.3) is 0 Å². The lowest BCUT2D eigenvalue weighted by molar-refractivity contribution is 0.397. The molecule has 1 saturated heterocycles. The molecule has 2 aromatic rings. The summed E-state index contributed by atoms with van der Waals surface area (Å²) in [5, 5.41) is 0. The van der Waals surface area contributed by atoms with Gasteiger partial charge in [0.15, 0.2) is 0 Å². The number of hydrogen-bond donors (Lipinski definition) is 1. The van der Waals surface area contributed by atoms with E-state index in [1.54, 1.807) is 7.11 Å². The predicted octanol–water partition coefficient (Wildman–Crippen LogP) is 1.26. The van der Waals surface area contributed by atoms with Gasteiger partial charge < -0.3 is 15.4 Å². The lowest BCUT2D eigenvalue weighted by Gasteiger charge is -2.34. The lowest BCUT2D eigenvalue weighted by Crippen LogP contribution is -2.45. The highest BCUT2D eigenvalue weighted by Gasteiger charge is 2.28. The Kier molecular flexibility index (Phi) is 3.41. The van der Waals surface area contributed by atoms with Gasteiger partial charge in [-0.25, -0.2) is 0 Å². The van der Waals surface area contributed by atoms with Gasteiger partial charge in [-0.2, -0.15) is 0 Å². The maximum atomic E-state index is 11.6. The molecular formula is C16H18N2O3. The van der Waals surface area contributed by atoms with E-state index in [0.717, 1.165) is 31.7 Å². The fourth-order valence-corrected chi connectivity index (χ4v) is 3.13. The van der Waals surface area contributed by atoms with Crippen LogP contribution in [0.4, 0.5) is 11.4 Å². The summed E-state index contributed by atoms with van der Waals surface area (Å²) in [6.45, 7) is 1.47. The smallest absolute Gasteiger partial charge is 0.253 e. The van der Waals surface area contributed by atoms with Crippen LogP contribution < -0.4 is 26.2 Å². The zero-order valence-corrected chi connectivity index (χ0v) is 12.0. The normalized spacial score (nSPS) is 16.3. The first-order valence-corrected chi connectivity index (χ1v) is 7.10. The highest BCUT2D eigenvalue weighted by atomic mass is 16.5. The van der Waals surface area contributed by atoms with Crippen LogP contribution in [0, 0.1) is 0 Å². The summed E-state index contributed by atoms with van der Waals surface area (Å²) < 4.78 is 5.41. The molecule has 0 radical (unpaired) electrons. The molecule has 0 saturated carbocycles. The Morgan fingerprint density at radius 3 is 2.43 bits per heavy atom. The molecule has 1 aliphatic rings. The molecule has 0 aromatic heterocycles. The number of benzene rings is 1. The van der Waals surface area contributed by atoms with Gasteiger partial charge in [0.1, 0.15) is 17.1 Å². The predicted molar refractivity (Wildman–Crippen MR) is 82.9 cm³/mol. The standard InChI is InChI=1S/C16H18N2O3/c1-21-12-5-3-2-4-11(12)10-6-8-18(9-7-10)14-13(17)15(19)16(14)20/h2-5,10H,6-9,17H2,1H3. The molecule has 1 heterocycles. The van der Waals surface area contributed by atoms with E-state index in [-0.39, 0.29) is 5.69 Å². The van der Waals surface area contributed by atoms with E-state index in [0.29, 0.717) is 11.6 Å². The fourth-order valence-electron chi connectivity index (χ4n) is 3.13. The molecule has 0 atom stereocenters. The third kappa shape index (κ3) is 2.18. The van der Waals surface area contributed by atoms with Crippen LogP contribution >= 0.6 is 0 Å². The molecule has 2 N–H and O–H groups in total. The Balaban J connectivity index is 1.74. The monoisotopic (exact) mass is 286 g/mol. The number of nitrogens with zero attached hydrogens (tertiary/aromatic N) is 1. The van der Waals surface area contributed by atoms with Gasteiger partial charge in [-0.3, -0.25) is 9.59 Å². The number of methoxy groups -OCH3 is 1. The Morgan fingerprint density at radius 2 is 1.81 bits per heavy atom. The SMILES string of the molecule is COc1ccccc1C1CCN(c2c(N)c(=O)c2=O)CC1. The summed E-state index contributed by atoms with van der Waals surface area (Å²) in [6, 6.07) is 8.03. The maximum Gasteiger partial charge on any atom is 0.253 e. The topological polar surface area (TPSA) is 72.6 Å². The van der Waals surface area contributed by atoms with Crippen molar-refractivity contribution < 1.29 is 4.74 Å². The molecule has 21 heavy (non-hydrogen) atoms. The van der Waals surface area contributed by atoms with Crippen LogP contribution in [0.15, 0.2) is 33.9 Å². The minimum atomic E-state index is -0.545. The van der Waals surface area contributed by atoms with Crippen molar-refractivity contribution >= 4 is 11.4 Å². The largest absolute Gasteiger partial charge is 0.496 e. The maximum absolute atomic E-state index is 11.6. The Hall–Kier alpha value is -2.30. The van der Waals surface area contributed by atoms with Crippen molar-refractivity contribution in [1.29, 1.82) is 0 Å². The third-order valence-electron chi connectivity index (χ3n) is 4.31. The number of piperidine rings is 1. The van der Waals surface area contributed by atoms with Crippen LogP contribution in [-0.4, -0.2) is 20.2 Å². The summed E-state index contributed by atoms with van der Waals surface area (Å²) in [7, 11) is 1.68. The Bertz CT molecular complexity index is 723. The van der Waals surface area contributed by atoms with Gasteiger partial charge in [-0.1, -0.05) is 18.2 Å². The Morgan fingerprint density at radius 1 is 1.14 bits per heavy atom. The third-order valence-corrected chi connectivity index (χ3v) is 4.31. The minimum absolute atomic E-state index is 0.121. The molecule has 2 aromatic carbocycles. The first kappa shape index (κ1) is 13.7. The molecule has 110 valence electrons. The minimum Gasteiger partial charge on any atom is -0.496 e. The van der Waals surface area contributed by atoms with E-state index < -0.39 is 10.9 Å². The highest BCUT2D eigenvalue weighted by Crippen LogP contribution is 2.35. The lowest BCUT2D eigenvalue weighted by atomic mass is 9.88. The van der Waals surface area contributed by atoms with Gasteiger partial charge in [0.2, 0.25) is 0 Å². The van der Waals surface area contributed by atoms with Crippen LogP contribution in [0.2, 0.25) is 0 Å². The summed E-state index contributed by atoms with van der Waals surface area (Å²) in [6.07, 6.45) is 1.83. The van der Waals surface area contributed by atoms with E-state index in [9.17, 15) is 9.59 Å². The molecule has 1 aliphatic heterocycles. The van der Waals surface area contributed by atoms with E-state index in [4.69, 9.17) is 10.5 Å². The molecular weight excluding hydrogens is 268 g/mol. The Labute approximate surface area is 122 Å². The number of para-hydroxylation sites is 1. The van der Waals surface area contributed by atoms with Gasteiger partial charge >= 0.3 is 0 Å². The van der Waals surface area contributed by atoms with Gasteiger partial charge in [0.25, 0.3) is 10.9 Å². The first-order valence-electron chi connectivity index (χ1n) is 7.10. The molecule has 0 aliphatic carbocycles. The van der Waals surface area contributed by atoms with E-state index in [1.807, 2.05) is 23.1 Å². The van der Waals surface area contributed by atoms with E-state index in [1.165, 1.54) is 5.56 Å². The number of nitrogens with two attached hydrogens (primary N) is 1. The second-order valence-corrected chi connectivity index (χ2v) is 5.42. The number of hydrogen-bond acceptors (Lipinski definition) is 5. The molecule has 5 nitrogen and oxygen atoms in total. The van der Waals surface area contributed by atoms with Crippen molar-refractivity contribution in [2.24, 2.45) is 0 Å². The highest BCUT2D eigenvalue weighted by molar-refractivity contribution is 5.72. The van der Waals surface area contributed by atoms with E-state index >= 15 is 0 Å². The van der Waals surface area contributed by atoms with Crippen molar-refractivity contribution in [3.63, 3.8) is 0 Å². The van der Waals surface area contributed by atoms with Crippen molar-refractivity contribution in [2.45, 2.75) is 18.8 Å². The molecule has 3 rings (SSSR count). The summed E-state index contributed by atoms with van der Waals surface area (Å²) in [5.41, 5.74) is 6.38. The summed E-state index contributed by atoms with van der Waals surface area (Å²) in [4.78, 5) is 24.7. The van der Waals surface area contributed by atoms with Gasteiger partial charge in [-0.15, -0.1) is 0 Å².